The molecule has 0 saturated carbocycles. The fourth-order valence-corrected chi connectivity index (χ4v) is 1.70. The molecule has 0 aromatic carbocycles. The molecule has 8 heteroatoms. The summed E-state index contributed by atoms with van der Waals surface area (Å²) >= 11 is 0. The summed E-state index contributed by atoms with van der Waals surface area (Å²) in [5.41, 5.74) is -2.76. The van der Waals surface area contributed by atoms with Crippen LogP contribution in [0.25, 0.3) is 0 Å². The molecule has 0 spiro atoms. The number of aliphatic hydroxyl groups is 1. The standard InChI is InChI=1S/C11H20B2N2O4.C2H6/c1-10(2,3)19-9(16)15-5-4-14-6-8(15)7-18-11(12,13)17;1-2/h8,14,17H,4-7H2,1-3H3;1-2H3. The lowest BCUT2D eigenvalue weighted by atomic mass is 9.76. The maximum absolute atomic E-state index is 12.0. The summed E-state index contributed by atoms with van der Waals surface area (Å²) in [5, 5.41) is 12.3. The van der Waals surface area contributed by atoms with Crippen LogP contribution in [0, 0.1) is 0 Å². The number of amides is 1. The Bertz CT molecular complexity index is 316. The van der Waals surface area contributed by atoms with E-state index < -0.39 is 17.3 Å². The fraction of sp³-hybridized carbons (Fsp3) is 0.923. The quantitative estimate of drug-likeness (QED) is 0.574. The highest BCUT2D eigenvalue weighted by Gasteiger charge is 2.31. The van der Waals surface area contributed by atoms with Crippen LogP contribution in [-0.4, -0.2) is 75.3 Å². The van der Waals surface area contributed by atoms with E-state index in [0.29, 0.717) is 19.6 Å². The van der Waals surface area contributed by atoms with Gasteiger partial charge in [-0.1, -0.05) is 13.8 Å². The van der Waals surface area contributed by atoms with E-state index in [1.807, 2.05) is 13.8 Å². The van der Waals surface area contributed by atoms with Crippen molar-refractivity contribution in [1.29, 1.82) is 0 Å². The Kier molecular flexibility index (Phi) is 8.36. The Labute approximate surface area is 130 Å². The number of nitrogens with one attached hydrogen (secondary N) is 1. The molecule has 0 aromatic rings. The van der Waals surface area contributed by atoms with Crippen LogP contribution in [0.4, 0.5) is 4.79 Å². The number of hydrogen-bond acceptors (Lipinski definition) is 5. The SMILES string of the molecule is CC.[B]C([B])(O)OCC1CNCCN1C(=O)OC(C)(C)C. The first-order valence-corrected chi connectivity index (χ1v) is 7.23. The predicted molar refractivity (Wildman–Crippen MR) is 83.4 cm³/mol. The Morgan fingerprint density at radius 1 is 1.38 bits per heavy atom. The molecule has 1 aliphatic rings. The van der Waals surface area contributed by atoms with Crippen molar-refractivity contribution < 1.29 is 19.4 Å². The van der Waals surface area contributed by atoms with Crippen molar-refractivity contribution in [3.05, 3.63) is 0 Å². The van der Waals surface area contributed by atoms with Crippen molar-refractivity contribution >= 4 is 21.8 Å². The van der Waals surface area contributed by atoms with Gasteiger partial charge in [-0.3, -0.25) is 0 Å². The van der Waals surface area contributed by atoms with Crippen molar-refractivity contribution in [3.8, 4) is 0 Å². The average molecular weight is 296 g/mol. The maximum atomic E-state index is 12.0. The summed E-state index contributed by atoms with van der Waals surface area (Å²) in [5.74, 6) is 0. The molecule has 4 radical (unpaired) electrons. The minimum absolute atomic E-state index is 0.0236. The third-order valence-electron chi connectivity index (χ3n) is 2.49. The van der Waals surface area contributed by atoms with Crippen LogP contribution in [0.1, 0.15) is 34.6 Å². The Hall–Kier alpha value is -0.720. The molecular weight excluding hydrogens is 270 g/mol. The molecule has 0 aromatic heterocycles. The van der Waals surface area contributed by atoms with Gasteiger partial charge in [0.25, 0.3) is 0 Å². The van der Waals surface area contributed by atoms with Crippen LogP contribution in [-0.2, 0) is 9.47 Å². The number of hydrogen-bond donors (Lipinski definition) is 2. The third-order valence-corrected chi connectivity index (χ3v) is 2.49. The number of nitrogens with zero attached hydrogens (tertiary/aromatic N) is 1. The summed E-state index contributed by atoms with van der Waals surface area (Å²) in [6, 6.07) is -0.290. The van der Waals surface area contributed by atoms with Crippen LogP contribution >= 0.6 is 0 Å². The van der Waals surface area contributed by atoms with Crippen LogP contribution in [0.2, 0.25) is 0 Å². The van der Waals surface area contributed by atoms with Gasteiger partial charge >= 0.3 is 6.09 Å². The van der Waals surface area contributed by atoms with Gasteiger partial charge in [-0.15, -0.1) is 0 Å². The number of carbonyl (C=O) groups is 1. The van der Waals surface area contributed by atoms with E-state index >= 15 is 0 Å². The molecule has 6 nitrogen and oxygen atoms in total. The minimum Gasteiger partial charge on any atom is -0.444 e. The highest BCUT2D eigenvalue weighted by Crippen LogP contribution is 2.14. The summed E-state index contributed by atoms with van der Waals surface area (Å²) in [7, 11) is 10.3. The van der Waals surface area contributed by atoms with Gasteiger partial charge in [0.1, 0.15) is 21.3 Å². The van der Waals surface area contributed by atoms with E-state index in [2.05, 4.69) is 5.32 Å². The molecule has 1 amide bonds. The maximum Gasteiger partial charge on any atom is 0.410 e. The van der Waals surface area contributed by atoms with Gasteiger partial charge in [0.15, 0.2) is 0 Å². The topological polar surface area (TPSA) is 71.0 Å². The summed E-state index contributed by atoms with van der Waals surface area (Å²) in [4.78, 5) is 13.6. The lowest BCUT2D eigenvalue weighted by Gasteiger charge is -2.38. The van der Waals surface area contributed by atoms with E-state index in [1.165, 1.54) is 0 Å². The van der Waals surface area contributed by atoms with Crippen molar-refractivity contribution in [2.45, 2.75) is 51.8 Å². The van der Waals surface area contributed by atoms with Crippen molar-refractivity contribution in [3.63, 3.8) is 0 Å². The highest BCUT2D eigenvalue weighted by molar-refractivity contribution is 6.37. The molecule has 21 heavy (non-hydrogen) atoms. The Balaban J connectivity index is 0.00000191. The molecule has 1 heterocycles. The number of piperazine rings is 1. The van der Waals surface area contributed by atoms with E-state index in [-0.39, 0.29) is 12.6 Å². The Morgan fingerprint density at radius 2 is 1.95 bits per heavy atom. The lowest BCUT2D eigenvalue weighted by molar-refractivity contribution is -0.0952. The predicted octanol–water partition coefficient (Wildman–Crippen LogP) is 0.179. The van der Waals surface area contributed by atoms with Gasteiger partial charge < -0.3 is 24.8 Å². The average Bonchev–Trinajstić information content (AvgIpc) is 2.36. The number of rotatable bonds is 3. The van der Waals surface area contributed by atoms with Crippen LogP contribution < -0.4 is 5.32 Å². The normalized spacial score (nSPS) is 19.5. The smallest absolute Gasteiger partial charge is 0.410 e. The van der Waals surface area contributed by atoms with Gasteiger partial charge in [-0.25, -0.2) is 4.79 Å². The van der Waals surface area contributed by atoms with E-state index in [4.69, 9.17) is 30.3 Å². The molecule has 1 fully saturated rings. The summed E-state index contributed by atoms with van der Waals surface area (Å²) in [6.07, 6.45) is -0.416. The van der Waals surface area contributed by atoms with Crippen LogP contribution in [0.3, 0.4) is 0 Å². The zero-order chi connectivity index (χ0) is 16.7. The first-order chi connectivity index (χ1) is 9.58. The molecule has 1 saturated heterocycles. The van der Waals surface area contributed by atoms with Crippen LogP contribution in [0.15, 0.2) is 0 Å². The van der Waals surface area contributed by atoms with Crippen molar-refractivity contribution in [2.24, 2.45) is 0 Å². The second-order valence-corrected chi connectivity index (χ2v) is 5.59. The summed E-state index contributed by atoms with van der Waals surface area (Å²) in [6.45, 7) is 11.1. The van der Waals surface area contributed by atoms with Crippen LogP contribution in [0.5, 0.6) is 0 Å². The minimum atomic E-state index is -2.20. The van der Waals surface area contributed by atoms with Gasteiger partial charge in [0.2, 0.25) is 0 Å². The zero-order valence-electron chi connectivity index (χ0n) is 13.7. The van der Waals surface area contributed by atoms with E-state index in [0.717, 1.165) is 0 Å². The van der Waals surface area contributed by atoms with E-state index in [1.54, 1.807) is 25.7 Å². The third kappa shape index (κ3) is 9.01. The molecule has 1 atom stereocenters. The molecule has 0 aliphatic carbocycles. The summed E-state index contributed by atoms with van der Waals surface area (Å²) < 4.78 is 10.2. The number of carbonyl (C=O) groups excluding carboxylic acids is 1. The molecule has 1 aliphatic heterocycles. The number of ether oxygens (including phenoxy) is 2. The molecule has 1 unspecified atom stereocenters. The molecule has 118 valence electrons. The van der Waals surface area contributed by atoms with Gasteiger partial charge in [0, 0.05) is 19.6 Å². The molecular formula is C13H26B2N2O4. The molecule has 2 N–H and O–H groups in total. The lowest BCUT2D eigenvalue weighted by Crippen LogP contribution is -2.57. The van der Waals surface area contributed by atoms with Crippen molar-refractivity contribution in [2.75, 3.05) is 26.2 Å². The first-order valence-electron chi connectivity index (χ1n) is 7.23. The second-order valence-electron chi connectivity index (χ2n) is 5.59. The van der Waals surface area contributed by atoms with Gasteiger partial charge in [0.05, 0.1) is 18.2 Å². The van der Waals surface area contributed by atoms with Gasteiger partial charge in [-0.05, 0) is 20.8 Å². The van der Waals surface area contributed by atoms with Crippen molar-refractivity contribution in [1.82, 2.24) is 10.2 Å². The zero-order valence-corrected chi connectivity index (χ0v) is 13.7. The Morgan fingerprint density at radius 3 is 2.43 bits per heavy atom. The van der Waals surface area contributed by atoms with E-state index in [9.17, 15) is 4.79 Å². The first kappa shape index (κ1) is 20.3. The largest absolute Gasteiger partial charge is 0.444 e. The molecule has 1 rings (SSSR count). The second kappa shape index (κ2) is 8.66. The van der Waals surface area contributed by atoms with Gasteiger partial charge in [-0.2, -0.15) is 0 Å². The fourth-order valence-electron chi connectivity index (χ4n) is 1.70. The monoisotopic (exact) mass is 296 g/mol. The highest BCUT2D eigenvalue weighted by atomic mass is 16.6. The molecule has 0 bridgehead atoms.